The summed E-state index contributed by atoms with van der Waals surface area (Å²) in [4.78, 5) is 22.7. The number of nitrogens with one attached hydrogen (secondary N) is 1. The van der Waals surface area contributed by atoms with Crippen LogP contribution in [0.1, 0.15) is 22.5 Å². The summed E-state index contributed by atoms with van der Waals surface area (Å²) in [6.07, 6.45) is 3.39. The van der Waals surface area contributed by atoms with Gasteiger partial charge in [0.1, 0.15) is 5.75 Å². The van der Waals surface area contributed by atoms with Crippen LogP contribution in [0.2, 0.25) is 0 Å². The van der Waals surface area contributed by atoms with Crippen molar-refractivity contribution in [2.45, 2.75) is 25.4 Å². The lowest BCUT2D eigenvalue weighted by atomic mass is 10.0. The highest BCUT2D eigenvalue weighted by atomic mass is 16.5. The fourth-order valence-corrected chi connectivity index (χ4v) is 2.61. The molecule has 0 radical (unpaired) electrons. The van der Waals surface area contributed by atoms with Crippen LogP contribution in [0.4, 0.5) is 0 Å². The summed E-state index contributed by atoms with van der Waals surface area (Å²) < 4.78 is 7.00. The predicted molar refractivity (Wildman–Crippen MR) is 81.4 cm³/mol. The lowest BCUT2D eigenvalue weighted by Gasteiger charge is -2.24. The lowest BCUT2D eigenvalue weighted by Crippen LogP contribution is -2.40. The minimum atomic E-state index is -1.04. The topological polar surface area (TPSA) is 93.5 Å². The van der Waals surface area contributed by atoms with Crippen molar-refractivity contribution in [2.24, 2.45) is 0 Å². The first kappa shape index (κ1) is 15.1. The quantitative estimate of drug-likeness (QED) is 0.861. The highest BCUT2D eigenvalue weighted by Gasteiger charge is 2.20. The van der Waals surface area contributed by atoms with Gasteiger partial charge < -0.3 is 15.2 Å². The van der Waals surface area contributed by atoms with E-state index in [1.165, 1.54) is 0 Å². The first-order valence-corrected chi connectivity index (χ1v) is 7.38. The molecule has 0 fully saturated rings. The maximum absolute atomic E-state index is 12.3. The molecule has 0 spiro atoms. The number of aliphatic carboxylic acids is 1. The van der Waals surface area contributed by atoms with Crippen molar-refractivity contribution < 1.29 is 19.4 Å². The molecule has 0 saturated heterocycles. The molecule has 0 aliphatic carbocycles. The summed E-state index contributed by atoms with van der Waals surface area (Å²) in [5.41, 5.74) is 1.64. The number of aromatic nitrogens is 2. The Hall–Kier alpha value is -2.83. The van der Waals surface area contributed by atoms with Gasteiger partial charge in [0, 0.05) is 36.5 Å². The SMILES string of the molecule is O=C(O)COc1ccc(C(=O)NC2CCn3nccc3C2)cc1. The van der Waals surface area contributed by atoms with Crippen molar-refractivity contribution in [2.75, 3.05) is 6.61 Å². The number of carboxylic acids is 1. The Morgan fingerprint density at radius 3 is 2.83 bits per heavy atom. The highest BCUT2D eigenvalue weighted by Crippen LogP contribution is 2.16. The molecule has 1 aliphatic heterocycles. The highest BCUT2D eigenvalue weighted by molar-refractivity contribution is 5.94. The van der Waals surface area contributed by atoms with Crippen molar-refractivity contribution in [3.8, 4) is 5.75 Å². The molecule has 0 bridgehead atoms. The molecule has 120 valence electrons. The molecule has 3 rings (SSSR count). The lowest BCUT2D eigenvalue weighted by molar-refractivity contribution is -0.139. The molecule has 0 saturated carbocycles. The number of carboxylic acid groups (broad SMARTS) is 1. The first-order valence-electron chi connectivity index (χ1n) is 7.38. The smallest absolute Gasteiger partial charge is 0.341 e. The van der Waals surface area contributed by atoms with E-state index in [2.05, 4.69) is 10.4 Å². The van der Waals surface area contributed by atoms with E-state index in [0.29, 0.717) is 11.3 Å². The van der Waals surface area contributed by atoms with Gasteiger partial charge in [-0.3, -0.25) is 9.48 Å². The second kappa shape index (κ2) is 6.51. The Labute approximate surface area is 132 Å². The zero-order valence-electron chi connectivity index (χ0n) is 12.4. The van der Waals surface area contributed by atoms with Crippen molar-refractivity contribution >= 4 is 11.9 Å². The molecule has 23 heavy (non-hydrogen) atoms. The number of carbonyl (C=O) groups is 2. The Balaban J connectivity index is 1.57. The van der Waals surface area contributed by atoms with Crippen LogP contribution in [0.15, 0.2) is 36.5 Å². The minimum Gasteiger partial charge on any atom is -0.482 e. The summed E-state index contributed by atoms with van der Waals surface area (Å²) in [7, 11) is 0. The van der Waals surface area contributed by atoms with E-state index in [1.807, 2.05) is 10.7 Å². The molecule has 1 aromatic carbocycles. The molecule has 1 aromatic heterocycles. The number of nitrogens with zero attached hydrogens (tertiary/aromatic N) is 2. The van der Waals surface area contributed by atoms with Crippen LogP contribution in [-0.4, -0.2) is 39.4 Å². The van der Waals surface area contributed by atoms with Crippen LogP contribution in [0.25, 0.3) is 0 Å². The average molecular weight is 315 g/mol. The van der Waals surface area contributed by atoms with Gasteiger partial charge in [-0.1, -0.05) is 0 Å². The third-order valence-electron chi connectivity index (χ3n) is 3.76. The molecule has 2 N–H and O–H groups in total. The maximum Gasteiger partial charge on any atom is 0.341 e. The summed E-state index contributed by atoms with van der Waals surface area (Å²) in [6, 6.07) is 8.49. The van der Waals surface area contributed by atoms with E-state index >= 15 is 0 Å². The van der Waals surface area contributed by atoms with Crippen LogP contribution in [0.3, 0.4) is 0 Å². The van der Waals surface area contributed by atoms with Gasteiger partial charge in [0.05, 0.1) is 0 Å². The van der Waals surface area contributed by atoms with Gasteiger partial charge in [-0.05, 0) is 36.8 Å². The molecular weight excluding hydrogens is 298 g/mol. The van der Waals surface area contributed by atoms with Crippen LogP contribution in [0, 0.1) is 0 Å². The zero-order valence-corrected chi connectivity index (χ0v) is 12.4. The van der Waals surface area contributed by atoms with E-state index < -0.39 is 12.6 Å². The van der Waals surface area contributed by atoms with Crippen LogP contribution < -0.4 is 10.1 Å². The Morgan fingerprint density at radius 1 is 1.30 bits per heavy atom. The predicted octanol–water partition coefficient (Wildman–Crippen LogP) is 1.09. The molecule has 2 heterocycles. The third-order valence-corrected chi connectivity index (χ3v) is 3.76. The van der Waals surface area contributed by atoms with E-state index in [4.69, 9.17) is 9.84 Å². The third kappa shape index (κ3) is 3.68. The Morgan fingerprint density at radius 2 is 2.09 bits per heavy atom. The Kier molecular flexibility index (Phi) is 4.27. The second-order valence-corrected chi connectivity index (χ2v) is 5.42. The van der Waals surface area contributed by atoms with E-state index in [0.717, 1.165) is 25.1 Å². The molecule has 7 heteroatoms. The molecule has 1 unspecified atom stereocenters. The minimum absolute atomic E-state index is 0.0923. The molecule has 2 aromatic rings. The van der Waals surface area contributed by atoms with Gasteiger partial charge in [0.25, 0.3) is 5.91 Å². The summed E-state index contributed by atoms with van der Waals surface area (Å²) in [6.45, 7) is 0.399. The number of fused-ring (bicyclic) bond motifs is 1. The number of amides is 1. The fourth-order valence-electron chi connectivity index (χ4n) is 2.61. The van der Waals surface area contributed by atoms with Gasteiger partial charge in [-0.15, -0.1) is 0 Å². The summed E-state index contributed by atoms with van der Waals surface area (Å²) in [5.74, 6) is -0.762. The number of hydrogen-bond acceptors (Lipinski definition) is 4. The normalized spacial score (nSPS) is 16.4. The standard InChI is InChI=1S/C16H17N3O4/c20-15(21)10-23-14-3-1-11(2-4-14)16(22)18-12-6-8-19-13(9-12)5-7-17-19/h1-5,7,12H,6,8-10H2,(H,18,22)(H,20,21). The van der Waals surface area contributed by atoms with E-state index in [1.54, 1.807) is 30.5 Å². The van der Waals surface area contributed by atoms with Gasteiger partial charge >= 0.3 is 5.97 Å². The van der Waals surface area contributed by atoms with Crippen molar-refractivity contribution in [1.82, 2.24) is 15.1 Å². The van der Waals surface area contributed by atoms with Crippen molar-refractivity contribution in [1.29, 1.82) is 0 Å². The number of aryl methyl sites for hydroxylation is 1. The molecule has 7 nitrogen and oxygen atoms in total. The molecule has 1 aliphatic rings. The second-order valence-electron chi connectivity index (χ2n) is 5.42. The van der Waals surface area contributed by atoms with Gasteiger partial charge in [0.15, 0.2) is 6.61 Å². The molecule has 1 amide bonds. The van der Waals surface area contributed by atoms with Crippen molar-refractivity contribution in [3.05, 3.63) is 47.8 Å². The van der Waals surface area contributed by atoms with Crippen LogP contribution in [0.5, 0.6) is 5.75 Å². The van der Waals surface area contributed by atoms with E-state index in [-0.39, 0.29) is 11.9 Å². The van der Waals surface area contributed by atoms with E-state index in [9.17, 15) is 9.59 Å². The first-order chi connectivity index (χ1) is 11.1. The molecule has 1 atom stereocenters. The molecular formula is C16H17N3O4. The number of ether oxygens (including phenoxy) is 1. The Bertz CT molecular complexity index is 708. The number of carbonyl (C=O) groups excluding carboxylic acids is 1. The van der Waals surface area contributed by atoms with Gasteiger partial charge in [0.2, 0.25) is 0 Å². The number of benzene rings is 1. The maximum atomic E-state index is 12.3. The summed E-state index contributed by atoms with van der Waals surface area (Å²) >= 11 is 0. The zero-order chi connectivity index (χ0) is 16.2. The largest absolute Gasteiger partial charge is 0.482 e. The van der Waals surface area contributed by atoms with Gasteiger partial charge in [-0.2, -0.15) is 5.10 Å². The van der Waals surface area contributed by atoms with Crippen molar-refractivity contribution in [3.63, 3.8) is 0 Å². The average Bonchev–Trinajstić information content (AvgIpc) is 3.01. The fraction of sp³-hybridized carbons (Fsp3) is 0.312. The van der Waals surface area contributed by atoms with Crippen LogP contribution >= 0.6 is 0 Å². The summed E-state index contributed by atoms with van der Waals surface area (Å²) in [5, 5.41) is 15.8. The number of hydrogen-bond donors (Lipinski definition) is 2. The van der Waals surface area contributed by atoms with Crippen LogP contribution in [-0.2, 0) is 17.8 Å². The number of rotatable bonds is 5. The monoisotopic (exact) mass is 315 g/mol. The van der Waals surface area contributed by atoms with Gasteiger partial charge in [-0.25, -0.2) is 4.79 Å².